The van der Waals surface area contributed by atoms with Crippen molar-refractivity contribution in [3.8, 4) is 0 Å². The second-order valence-corrected chi connectivity index (χ2v) is 6.71. The van der Waals surface area contributed by atoms with E-state index in [0.717, 1.165) is 43.6 Å². The van der Waals surface area contributed by atoms with Crippen molar-refractivity contribution in [1.82, 2.24) is 0 Å². The molecule has 0 aromatic heterocycles. The zero-order valence-electron chi connectivity index (χ0n) is 15.9. The van der Waals surface area contributed by atoms with Gasteiger partial charge in [0.1, 0.15) is 5.82 Å². The lowest BCUT2D eigenvalue weighted by Crippen LogP contribution is -2.26. The number of halogens is 1. The monoisotopic (exact) mass is 367 g/mol. The van der Waals surface area contributed by atoms with Gasteiger partial charge in [0.05, 0.1) is 11.3 Å². The van der Waals surface area contributed by atoms with Crippen LogP contribution in [0, 0.1) is 5.82 Å². The molecule has 3 rings (SSSR count). The van der Waals surface area contributed by atoms with Gasteiger partial charge in [0.25, 0.3) is 5.91 Å². The minimum absolute atomic E-state index is 0.158. The Morgan fingerprint density at radius 3 is 2.67 bits per heavy atom. The molecule has 0 aliphatic carbocycles. The average molecular weight is 367 g/mol. The minimum Gasteiger partial charge on any atom is -0.369 e. The number of nitrogens with one attached hydrogen (secondary N) is 2. The summed E-state index contributed by atoms with van der Waals surface area (Å²) in [7, 11) is 0. The first-order valence-electron chi connectivity index (χ1n) is 9.56. The lowest BCUT2D eigenvalue weighted by Gasteiger charge is -2.25. The van der Waals surface area contributed by atoms with E-state index in [9.17, 15) is 9.18 Å². The predicted octanol–water partition coefficient (Wildman–Crippen LogP) is 5.25. The van der Waals surface area contributed by atoms with E-state index >= 15 is 0 Å². The van der Waals surface area contributed by atoms with Gasteiger partial charge in [-0.1, -0.05) is 38.5 Å². The van der Waals surface area contributed by atoms with Crippen LogP contribution in [-0.2, 0) is 4.79 Å². The van der Waals surface area contributed by atoms with Crippen LogP contribution in [0.5, 0.6) is 0 Å². The Bertz CT molecular complexity index is 847. The summed E-state index contributed by atoms with van der Waals surface area (Å²) in [6.07, 6.45) is 4.74. The number of rotatable bonds is 8. The molecular weight excluding hydrogens is 341 g/mol. The lowest BCUT2D eigenvalue weighted by atomic mass is 10.1. The van der Waals surface area contributed by atoms with E-state index in [1.807, 2.05) is 36.4 Å². The molecule has 2 aromatic carbocycles. The van der Waals surface area contributed by atoms with E-state index in [4.69, 9.17) is 0 Å². The molecule has 0 saturated carbocycles. The largest absolute Gasteiger partial charge is 0.369 e. The molecule has 4 nitrogen and oxygen atoms in total. The molecule has 0 bridgehead atoms. The normalized spacial score (nSPS) is 14.2. The second-order valence-electron chi connectivity index (χ2n) is 6.71. The van der Waals surface area contributed by atoms with Gasteiger partial charge in [-0.3, -0.25) is 4.79 Å². The Balaban J connectivity index is 1.77. The molecule has 0 unspecified atom stereocenters. The standard InChI is InChI=1S/C22H26FN3O/c1-3-5-13-26(12-4-2)21-11-10-16(14-19(21)23)24-15-18-17-8-6-7-9-20(17)25-22(18)27/h6-11,14-15,24H,3-5,12-13H2,1-2H3,(H,25,27). The molecule has 27 heavy (non-hydrogen) atoms. The molecule has 1 amide bonds. The summed E-state index contributed by atoms with van der Waals surface area (Å²) in [5, 5.41) is 5.88. The predicted molar refractivity (Wildman–Crippen MR) is 110 cm³/mol. The van der Waals surface area contributed by atoms with Gasteiger partial charge in [0.2, 0.25) is 0 Å². The van der Waals surface area contributed by atoms with Crippen molar-refractivity contribution in [3.05, 3.63) is 60.0 Å². The number of unbranched alkanes of at least 4 members (excludes halogenated alkanes) is 1. The first-order chi connectivity index (χ1) is 13.1. The zero-order valence-corrected chi connectivity index (χ0v) is 15.9. The number of hydrogen-bond donors (Lipinski definition) is 2. The highest BCUT2D eigenvalue weighted by molar-refractivity contribution is 6.31. The molecule has 1 aliphatic heterocycles. The molecule has 2 aromatic rings. The van der Waals surface area contributed by atoms with Gasteiger partial charge in [0, 0.05) is 36.2 Å². The van der Waals surface area contributed by atoms with Crippen LogP contribution in [0.2, 0.25) is 0 Å². The molecule has 0 fully saturated rings. The molecule has 0 saturated heterocycles. The van der Waals surface area contributed by atoms with Gasteiger partial charge in [0.15, 0.2) is 0 Å². The fourth-order valence-corrected chi connectivity index (χ4v) is 3.26. The summed E-state index contributed by atoms with van der Waals surface area (Å²) in [5.74, 6) is -0.409. The van der Waals surface area contributed by atoms with Crippen molar-refractivity contribution in [2.24, 2.45) is 0 Å². The number of benzene rings is 2. The maximum absolute atomic E-state index is 14.7. The summed E-state index contributed by atoms with van der Waals surface area (Å²) in [6, 6.07) is 12.7. The van der Waals surface area contributed by atoms with Crippen LogP contribution in [0.1, 0.15) is 38.7 Å². The Kier molecular flexibility index (Phi) is 6.12. The number of carbonyl (C=O) groups is 1. The molecule has 2 N–H and O–H groups in total. The molecule has 1 aliphatic rings. The highest BCUT2D eigenvalue weighted by Crippen LogP contribution is 2.31. The maximum Gasteiger partial charge on any atom is 0.257 e. The van der Waals surface area contributed by atoms with Crippen molar-refractivity contribution in [2.75, 3.05) is 28.6 Å². The van der Waals surface area contributed by atoms with Crippen LogP contribution >= 0.6 is 0 Å². The van der Waals surface area contributed by atoms with Crippen molar-refractivity contribution >= 4 is 28.5 Å². The summed E-state index contributed by atoms with van der Waals surface area (Å²) in [4.78, 5) is 14.2. The number of nitrogens with zero attached hydrogens (tertiary/aromatic N) is 1. The lowest BCUT2D eigenvalue weighted by molar-refractivity contribution is -0.110. The van der Waals surface area contributed by atoms with Crippen molar-refractivity contribution < 1.29 is 9.18 Å². The fraction of sp³-hybridized carbons (Fsp3) is 0.318. The minimum atomic E-state index is -0.251. The van der Waals surface area contributed by atoms with Gasteiger partial charge >= 0.3 is 0 Å². The Morgan fingerprint density at radius 2 is 1.93 bits per heavy atom. The van der Waals surface area contributed by atoms with Crippen molar-refractivity contribution in [3.63, 3.8) is 0 Å². The van der Waals surface area contributed by atoms with Crippen LogP contribution in [0.25, 0.3) is 5.57 Å². The third-order valence-corrected chi connectivity index (χ3v) is 4.66. The van der Waals surface area contributed by atoms with E-state index in [-0.39, 0.29) is 11.7 Å². The zero-order chi connectivity index (χ0) is 19.2. The van der Waals surface area contributed by atoms with Gasteiger partial charge in [-0.15, -0.1) is 0 Å². The Hall–Kier alpha value is -2.82. The van der Waals surface area contributed by atoms with Crippen molar-refractivity contribution in [1.29, 1.82) is 0 Å². The highest BCUT2D eigenvalue weighted by atomic mass is 19.1. The van der Waals surface area contributed by atoms with Crippen molar-refractivity contribution in [2.45, 2.75) is 33.1 Å². The number of amides is 1. The van der Waals surface area contributed by atoms with Gasteiger partial charge in [-0.25, -0.2) is 4.39 Å². The first-order valence-corrected chi connectivity index (χ1v) is 9.56. The van der Waals surface area contributed by atoms with Gasteiger partial charge < -0.3 is 15.5 Å². The Morgan fingerprint density at radius 1 is 1.11 bits per heavy atom. The smallest absolute Gasteiger partial charge is 0.257 e. The number of fused-ring (bicyclic) bond motifs is 1. The number of anilines is 3. The number of para-hydroxylation sites is 1. The SMILES string of the molecule is CCCCN(CCC)c1ccc(NC=C2C(=O)Nc3ccccc32)cc1F. The number of hydrogen-bond acceptors (Lipinski definition) is 3. The molecular formula is C22H26FN3O. The maximum atomic E-state index is 14.7. The van der Waals surface area contributed by atoms with Gasteiger partial charge in [-0.05, 0) is 37.1 Å². The third-order valence-electron chi connectivity index (χ3n) is 4.66. The van der Waals surface area contributed by atoms with Crippen LogP contribution in [0.4, 0.5) is 21.5 Å². The van der Waals surface area contributed by atoms with E-state index in [0.29, 0.717) is 16.9 Å². The summed E-state index contributed by atoms with van der Waals surface area (Å²) >= 11 is 0. The summed E-state index contributed by atoms with van der Waals surface area (Å²) < 4.78 is 14.7. The summed E-state index contributed by atoms with van der Waals surface area (Å²) in [6.45, 7) is 5.93. The first kappa shape index (κ1) is 19.0. The van der Waals surface area contributed by atoms with E-state index in [1.54, 1.807) is 6.20 Å². The topological polar surface area (TPSA) is 44.4 Å². The van der Waals surface area contributed by atoms with Crippen LogP contribution in [0.15, 0.2) is 48.7 Å². The highest BCUT2D eigenvalue weighted by Gasteiger charge is 2.23. The Labute approximate surface area is 160 Å². The van der Waals surface area contributed by atoms with E-state index < -0.39 is 0 Å². The fourth-order valence-electron chi connectivity index (χ4n) is 3.26. The van der Waals surface area contributed by atoms with Crippen LogP contribution in [-0.4, -0.2) is 19.0 Å². The van der Waals surface area contributed by atoms with E-state index in [1.165, 1.54) is 6.07 Å². The molecule has 142 valence electrons. The molecule has 1 heterocycles. The molecule has 5 heteroatoms. The summed E-state index contributed by atoms with van der Waals surface area (Å²) in [5.41, 5.74) is 3.44. The molecule has 0 spiro atoms. The van der Waals surface area contributed by atoms with Gasteiger partial charge in [-0.2, -0.15) is 0 Å². The molecule has 0 radical (unpaired) electrons. The number of carbonyl (C=O) groups excluding carboxylic acids is 1. The quantitative estimate of drug-likeness (QED) is 0.627. The second kappa shape index (κ2) is 8.71. The van der Waals surface area contributed by atoms with E-state index in [2.05, 4.69) is 29.4 Å². The molecule has 0 atom stereocenters. The average Bonchev–Trinajstić information content (AvgIpc) is 2.99. The van der Waals surface area contributed by atoms with Crippen LogP contribution in [0.3, 0.4) is 0 Å². The third kappa shape index (κ3) is 4.30. The van der Waals surface area contributed by atoms with Crippen LogP contribution < -0.4 is 15.5 Å².